The molecule has 1 aliphatic carbocycles. The third-order valence-electron chi connectivity index (χ3n) is 4.47. The summed E-state index contributed by atoms with van der Waals surface area (Å²) in [5.41, 5.74) is 5.97. The van der Waals surface area contributed by atoms with Gasteiger partial charge in [-0.15, -0.1) is 0 Å². The molecule has 0 saturated carbocycles. The van der Waals surface area contributed by atoms with Crippen LogP contribution in [0.15, 0.2) is 54.6 Å². The molecule has 0 bridgehead atoms. The smallest absolute Gasteiger partial charge is 0.0488 e. The van der Waals surface area contributed by atoms with Gasteiger partial charge in [0, 0.05) is 23.1 Å². The molecule has 3 aromatic rings. The summed E-state index contributed by atoms with van der Waals surface area (Å²) >= 11 is 0. The Labute approximate surface area is 119 Å². The second-order valence-corrected chi connectivity index (χ2v) is 5.72. The third kappa shape index (κ3) is 1.85. The zero-order valence-corrected chi connectivity index (χ0v) is 11.7. The Balaban J connectivity index is 1.89. The fourth-order valence-electron chi connectivity index (χ4n) is 3.53. The average molecular weight is 261 g/mol. The molecule has 20 heavy (non-hydrogen) atoms. The van der Waals surface area contributed by atoms with Crippen LogP contribution < -0.4 is 0 Å². The number of aromatic nitrogens is 1. The van der Waals surface area contributed by atoms with E-state index in [2.05, 4.69) is 59.2 Å². The topological polar surface area (TPSA) is 4.93 Å². The predicted octanol–water partition coefficient (Wildman–Crippen LogP) is 4.57. The van der Waals surface area contributed by atoms with Gasteiger partial charge >= 0.3 is 0 Å². The van der Waals surface area contributed by atoms with Gasteiger partial charge in [0.15, 0.2) is 0 Å². The summed E-state index contributed by atoms with van der Waals surface area (Å²) in [6, 6.07) is 19.7. The molecule has 100 valence electrons. The van der Waals surface area contributed by atoms with E-state index >= 15 is 0 Å². The van der Waals surface area contributed by atoms with Crippen molar-refractivity contribution in [3.8, 4) is 0 Å². The van der Waals surface area contributed by atoms with Gasteiger partial charge in [0.05, 0.1) is 0 Å². The first-order valence-electron chi connectivity index (χ1n) is 7.56. The Hall–Kier alpha value is -2.02. The van der Waals surface area contributed by atoms with Gasteiger partial charge in [-0.25, -0.2) is 0 Å². The molecule has 1 nitrogen and oxygen atoms in total. The summed E-state index contributed by atoms with van der Waals surface area (Å²) < 4.78 is 2.54. The molecule has 0 aliphatic heterocycles. The molecule has 0 radical (unpaired) electrons. The highest BCUT2D eigenvalue weighted by Crippen LogP contribution is 2.32. The quantitative estimate of drug-likeness (QED) is 0.637. The first-order valence-corrected chi connectivity index (χ1v) is 7.56. The van der Waals surface area contributed by atoms with Crippen molar-refractivity contribution in [2.75, 3.05) is 0 Å². The lowest BCUT2D eigenvalue weighted by atomic mass is 9.95. The maximum Gasteiger partial charge on any atom is 0.0488 e. The molecule has 1 heteroatoms. The van der Waals surface area contributed by atoms with E-state index in [0.717, 1.165) is 6.54 Å². The highest BCUT2D eigenvalue weighted by atomic mass is 15.0. The van der Waals surface area contributed by atoms with E-state index in [1.165, 1.54) is 42.1 Å². The number of para-hydroxylation sites is 1. The molecule has 2 aromatic carbocycles. The van der Waals surface area contributed by atoms with Crippen LogP contribution in [0.3, 0.4) is 0 Å². The minimum atomic E-state index is 0.997. The first kappa shape index (κ1) is 11.8. The third-order valence-corrected chi connectivity index (χ3v) is 4.47. The van der Waals surface area contributed by atoms with E-state index < -0.39 is 0 Å². The molecule has 4 rings (SSSR count). The maximum atomic E-state index is 2.54. The number of rotatable bonds is 2. The second kappa shape index (κ2) is 4.82. The Morgan fingerprint density at radius 1 is 0.800 bits per heavy atom. The summed E-state index contributed by atoms with van der Waals surface area (Å²) in [5.74, 6) is 0. The van der Waals surface area contributed by atoms with Crippen molar-refractivity contribution >= 4 is 10.9 Å². The lowest BCUT2D eigenvalue weighted by molar-refractivity contribution is 0.638. The Bertz CT molecular complexity index is 737. The van der Waals surface area contributed by atoms with Gasteiger partial charge in [-0.1, -0.05) is 48.5 Å². The zero-order valence-electron chi connectivity index (χ0n) is 11.7. The number of fused-ring (bicyclic) bond motifs is 3. The van der Waals surface area contributed by atoms with Crippen LogP contribution in [0.1, 0.15) is 29.7 Å². The predicted molar refractivity (Wildman–Crippen MR) is 84.1 cm³/mol. The lowest BCUT2D eigenvalue weighted by Gasteiger charge is -2.16. The summed E-state index contributed by atoms with van der Waals surface area (Å²) in [4.78, 5) is 0. The normalized spacial score (nSPS) is 14.4. The second-order valence-electron chi connectivity index (χ2n) is 5.72. The molecular formula is C19H19N. The summed E-state index contributed by atoms with van der Waals surface area (Å²) in [5, 5.41) is 1.47. The van der Waals surface area contributed by atoms with Gasteiger partial charge in [-0.05, 0) is 42.9 Å². The monoisotopic (exact) mass is 261 g/mol. The minimum absolute atomic E-state index is 0.997. The van der Waals surface area contributed by atoms with Gasteiger partial charge in [0.1, 0.15) is 0 Å². The van der Waals surface area contributed by atoms with Crippen molar-refractivity contribution in [3.63, 3.8) is 0 Å². The number of nitrogens with zero attached hydrogens (tertiary/aromatic N) is 1. The van der Waals surface area contributed by atoms with Crippen LogP contribution >= 0.6 is 0 Å². The molecule has 0 amide bonds. The van der Waals surface area contributed by atoms with Crippen LogP contribution in [-0.4, -0.2) is 4.57 Å². The molecule has 0 unspecified atom stereocenters. The highest BCUT2D eigenvalue weighted by molar-refractivity contribution is 5.86. The number of hydrogen-bond acceptors (Lipinski definition) is 0. The molecule has 0 saturated heterocycles. The van der Waals surface area contributed by atoms with Crippen molar-refractivity contribution in [3.05, 3.63) is 71.4 Å². The largest absolute Gasteiger partial charge is 0.340 e. The van der Waals surface area contributed by atoms with Gasteiger partial charge in [-0.2, -0.15) is 0 Å². The van der Waals surface area contributed by atoms with Crippen molar-refractivity contribution in [1.29, 1.82) is 0 Å². The fraction of sp³-hybridized carbons (Fsp3) is 0.263. The zero-order chi connectivity index (χ0) is 13.4. The maximum absolute atomic E-state index is 2.54. The first-order chi connectivity index (χ1) is 9.93. The van der Waals surface area contributed by atoms with Gasteiger partial charge in [0.2, 0.25) is 0 Å². The molecule has 1 aliphatic rings. The number of hydrogen-bond donors (Lipinski definition) is 0. The van der Waals surface area contributed by atoms with Gasteiger partial charge in [-0.3, -0.25) is 0 Å². The molecule has 1 aromatic heterocycles. The van der Waals surface area contributed by atoms with E-state index in [-0.39, 0.29) is 0 Å². The summed E-state index contributed by atoms with van der Waals surface area (Å²) in [7, 11) is 0. The van der Waals surface area contributed by atoms with Crippen LogP contribution in [0.2, 0.25) is 0 Å². The highest BCUT2D eigenvalue weighted by Gasteiger charge is 2.19. The van der Waals surface area contributed by atoms with E-state index in [0.29, 0.717) is 0 Å². The summed E-state index contributed by atoms with van der Waals surface area (Å²) in [6.07, 6.45) is 5.15. The molecule has 0 atom stereocenters. The molecule has 1 heterocycles. The van der Waals surface area contributed by atoms with E-state index in [9.17, 15) is 0 Å². The number of aryl methyl sites for hydroxylation is 1. The molecule has 0 N–H and O–H groups in total. The van der Waals surface area contributed by atoms with Gasteiger partial charge in [0.25, 0.3) is 0 Å². The van der Waals surface area contributed by atoms with E-state index in [1.54, 1.807) is 11.3 Å². The van der Waals surface area contributed by atoms with Crippen molar-refractivity contribution in [1.82, 2.24) is 4.57 Å². The summed E-state index contributed by atoms with van der Waals surface area (Å²) in [6.45, 7) is 0.997. The van der Waals surface area contributed by atoms with Crippen LogP contribution in [0.4, 0.5) is 0 Å². The lowest BCUT2D eigenvalue weighted by Crippen LogP contribution is -2.09. The van der Waals surface area contributed by atoms with Crippen molar-refractivity contribution in [2.24, 2.45) is 0 Å². The minimum Gasteiger partial charge on any atom is -0.340 e. The van der Waals surface area contributed by atoms with E-state index in [4.69, 9.17) is 0 Å². The molecular weight excluding hydrogens is 242 g/mol. The Morgan fingerprint density at radius 2 is 1.55 bits per heavy atom. The Morgan fingerprint density at radius 3 is 2.45 bits per heavy atom. The fourth-order valence-corrected chi connectivity index (χ4v) is 3.53. The average Bonchev–Trinajstić information content (AvgIpc) is 2.84. The van der Waals surface area contributed by atoms with Crippen LogP contribution in [0.5, 0.6) is 0 Å². The van der Waals surface area contributed by atoms with Crippen molar-refractivity contribution in [2.45, 2.75) is 32.2 Å². The van der Waals surface area contributed by atoms with E-state index in [1.807, 2.05) is 0 Å². The van der Waals surface area contributed by atoms with Crippen LogP contribution in [0.25, 0.3) is 10.9 Å². The van der Waals surface area contributed by atoms with Gasteiger partial charge < -0.3 is 4.57 Å². The number of benzene rings is 2. The molecule has 0 fully saturated rings. The Kier molecular flexibility index (Phi) is 2.84. The molecule has 0 spiro atoms. The van der Waals surface area contributed by atoms with Crippen molar-refractivity contribution < 1.29 is 0 Å². The standard InChI is InChI=1S/C19H19N/c1-2-8-15(9-3-1)14-20-18-12-6-4-10-16(18)17-11-5-7-13-19(17)20/h1-4,6,8-10,12H,5,7,11,13-14H2. The van der Waals surface area contributed by atoms with Crippen LogP contribution in [0, 0.1) is 0 Å². The van der Waals surface area contributed by atoms with Crippen LogP contribution in [-0.2, 0) is 19.4 Å². The SMILES string of the molecule is c1ccc(Cn2c3c(c4ccccc42)CCCC3)cc1.